The van der Waals surface area contributed by atoms with E-state index in [9.17, 15) is 24.3 Å². The molecule has 34 heavy (non-hydrogen) atoms. The quantitative estimate of drug-likeness (QED) is 0.180. The molecule has 0 saturated carbocycles. The molecule has 0 aromatic rings. The van der Waals surface area contributed by atoms with Gasteiger partial charge in [0.05, 0.1) is 0 Å². The molecule has 1 unspecified atom stereocenters. The van der Waals surface area contributed by atoms with Crippen LogP contribution in [-0.2, 0) is 19.2 Å². The van der Waals surface area contributed by atoms with Gasteiger partial charge in [-0.05, 0) is 59.8 Å². The second-order valence-corrected chi connectivity index (χ2v) is 9.73. The molecule has 2 atom stereocenters. The second kappa shape index (κ2) is 17.9. The van der Waals surface area contributed by atoms with E-state index in [4.69, 9.17) is 5.73 Å². The fourth-order valence-corrected chi connectivity index (χ4v) is 3.97. The average Bonchev–Trinajstić information content (AvgIpc) is 2.72. The van der Waals surface area contributed by atoms with Crippen molar-refractivity contribution in [1.82, 2.24) is 10.6 Å². The van der Waals surface area contributed by atoms with E-state index in [2.05, 4.69) is 56.6 Å². The highest BCUT2D eigenvalue weighted by Gasteiger charge is 2.26. The number of carboxylic acid groups (broad SMARTS) is 1. The molecule has 5 N–H and O–H groups in total. The number of allylic oxidation sites excluding steroid dienone is 5. The fraction of sp³-hybridized carbons (Fsp3) is 0.600. The van der Waals surface area contributed by atoms with Crippen molar-refractivity contribution in [3.63, 3.8) is 0 Å². The Kier molecular flexibility index (Phi) is 16.5. The van der Waals surface area contributed by atoms with Crippen LogP contribution in [0.25, 0.3) is 0 Å². The number of amides is 3. The monoisotopic (exact) mass is 495 g/mol. The largest absolute Gasteiger partial charge is 0.480 e. The van der Waals surface area contributed by atoms with Gasteiger partial charge >= 0.3 is 5.97 Å². The topological polar surface area (TPSA) is 139 Å². The number of carbonyl (C=O) groups is 4. The molecule has 9 heteroatoms. The van der Waals surface area contributed by atoms with Gasteiger partial charge in [0, 0.05) is 24.9 Å². The molecule has 0 bridgehead atoms. The highest BCUT2D eigenvalue weighted by molar-refractivity contribution is 7.99. The van der Waals surface area contributed by atoms with E-state index >= 15 is 0 Å². The molecule has 8 nitrogen and oxygen atoms in total. The van der Waals surface area contributed by atoms with Crippen molar-refractivity contribution in [3.05, 3.63) is 34.9 Å². The van der Waals surface area contributed by atoms with Gasteiger partial charge in [-0.2, -0.15) is 11.8 Å². The van der Waals surface area contributed by atoms with E-state index in [0.29, 0.717) is 5.75 Å². The van der Waals surface area contributed by atoms with Crippen LogP contribution in [0.1, 0.15) is 73.1 Å². The summed E-state index contributed by atoms with van der Waals surface area (Å²) in [6.45, 7) is 9.66. The third-order valence-corrected chi connectivity index (χ3v) is 5.92. The molecule has 0 radical (unpaired) electrons. The first-order chi connectivity index (χ1) is 15.9. The molecule has 192 valence electrons. The summed E-state index contributed by atoms with van der Waals surface area (Å²) < 4.78 is 0. The third kappa shape index (κ3) is 17.0. The summed E-state index contributed by atoms with van der Waals surface area (Å²) in [5.41, 5.74) is 9.06. The number of hydrogen-bond acceptors (Lipinski definition) is 5. The van der Waals surface area contributed by atoms with E-state index in [-0.39, 0.29) is 18.6 Å². The molecule has 0 aromatic carbocycles. The standard InChI is InChI=1S/C25H41N3O5S/c1-17(2)8-6-9-18(3)10-7-11-19(4)14-15-34-16-22(25(32)33)28-24(31)21(27-20(5)29)12-13-23(26)30/h8,10,14,21-22H,6-7,9,11-13,15-16H2,1-5H3,(H2,26,30)(H,27,29)(H,28,31)(H,32,33)/b18-10+,19-14+/t21?,22-/m0/s1. The van der Waals surface area contributed by atoms with Crippen LogP contribution in [-0.4, -0.2) is 52.4 Å². The lowest BCUT2D eigenvalue weighted by Gasteiger charge is -2.20. The number of hydrogen-bond donors (Lipinski definition) is 4. The lowest BCUT2D eigenvalue weighted by molar-refractivity contribution is -0.141. The number of carboxylic acids is 1. The molecule has 0 heterocycles. The number of aliphatic carboxylic acids is 1. The van der Waals surface area contributed by atoms with Crippen molar-refractivity contribution >= 4 is 35.5 Å². The van der Waals surface area contributed by atoms with Crippen molar-refractivity contribution in [2.75, 3.05) is 11.5 Å². The number of nitrogens with two attached hydrogens (primary N) is 1. The number of nitrogens with one attached hydrogen (secondary N) is 2. The van der Waals surface area contributed by atoms with Crippen molar-refractivity contribution < 1.29 is 24.3 Å². The van der Waals surface area contributed by atoms with Crippen LogP contribution in [0.3, 0.4) is 0 Å². The fourth-order valence-electron chi connectivity index (χ4n) is 2.97. The molecule has 0 aromatic heterocycles. The van der Waals surface area contributed by atoms with Crippen LogP contribution in [0.4, 0.5) is 0 Å². The van der Waals surface area contributed by atoms with Crippen LogP contribution >= 0.6 is 11.8 Å². The van der Waals surface area contributed by atoms with E-state index < -0.39 is 35.8 Å². The summed E-state index contributed by atoms with van der Waals surface area (Å²) in [5.74, 6) is -2.06. The van der Waals surface area contributed by atoms with Crippen LogP contribution in [0.15, 0.2) is 34.9 Å². The Hall–Kier alpha value is -2.55. The van der Waals surface area contributed by atoms with Gasteiger partial charge in [-0.25, -0.2) is 4.79 Å². The molecule has 0 spiro atoms. The maximum Gasteiger partial charge on any atom is 0.327 e. The van der Waals surface area contributed by atoms with Gasteiger partial charge in [-0.3, -0.25) is 14.4 Å². The number of rotatable bonds is 17. The normalized spacial score (nSPS) is 13.6. The molecule has 0 aliphatic rings. The minimum absolute atomic E-state index is 0.00499. The lowest BCUT2D eigenvalue weighted by Crippen LogP contribution is -2.52. The molecule has 0 aliphatic heterocycles. The van der Waals surface area contributed by atoms with Gasteiger partial charge in [0.25, 0.3) is 0 Å². The van der Waals surface area contributed by atoms with Crippen LogP contribution in [0.5, 0.6) is 0 Å². The summed E-state index contributed by atoms with van der Waals surface area (Å²) >= 11 is 1.40. The van der Waals surface area contributed by atoms with Crippen molar-refractivity contribution in [2.45, 2.75) is 85.2 Å². The first-order valence-corrected chi connectivity index (χ1v) is 12.7. The van der Waals surface area contributed by atoms with Crippen LogP contribution in [0, 0.1) is 0 Å². The number of primary amides is 1. The van der Waals surface area contributed by atoms with Gasteiger partial charge in [0.1, 0.15) is 12.1 Å². The molecule has 0 aliphatic carbocycles. The zero-order chi connectivity index (χ0) is 26.1. The highest BCUT2D eigenvalue weighted by Crippen LogP contribution is 2.13. The van der Waals surface area contributed by atoms with Crippen molar-refractivity contribution in [1.29, 1.82) is 0 Å². The molecule has 3 amide bonds. The Morgan fingerprint density at radius 2 is 1.44 bits per heavy atom. The third-order valence-electron chi connectivity index (χ3n) is 4.94. The first-order valence-electron chi connectivity index (χ1n) is 11.5. The van der Waals surface area contributed by atoms with Gasteiger partial charge in [0.15, 0.2) is 0 Å². The summed E-state index contributed by atoms with van der Waals surface area (Å²) in [7, 11) is 0. The molecular weight excluding hydrogens is 454 g/mol. The predicted octanol–water partition coefficient (Wildman–Crippen LogP) is 3.48. The second-order valence-electron chi connectivity index (χ2n) is 8.65. The summed E-state index contributed by atoms with van der Waals surface area (Å²) in [4.78, 5) is 46.4. The predicted molar refractivity (Wildman–Crippen MR) is 138 cm³/mol. The summed E-state index contributed by atoms with van der Waals surface area (Å²) in [6, 6.07) is -2.13. The van der Waals surface area contributed by atoms with Crippen molar-refractivity contribution in [3.8, 4) is 0 Å². The number of thioether (sulfide) groups is 1. The Bertz CT molecular complexity index is 785. The van der Waals surface area contributed by atoms with E-state index in [1.807, 2.05) is 0 Å². The highest BCUT2D eigenvalue weighted by atomic mass is 32.2. The molecular formula is C25H41N3O5S. The van der Waals surface area contributed by atoms with Gasteiger partial charge in [0.2, 0.25) is 17.7 Å². The smallest absolute Gasteiger partial charge is 0.327 e. The average molecular weight is 496 g/mol. The van der Waals surface area contributed by atoms with Crippen molar-refractivity contribution in [2.24, 2.45) is 5.73 Å². The SMILES string of the molecule is CC(=O)NC(CCC(N)=O)C(=O)N[C@@H](CSC/C=C(\C)CC/C=C(\C)CCC=C(C)C)C(=O)O. The van der Waals surface area contributed by atoms with Gasteiger partial charge in [-0.15, -0.1) is 0 Å². The Labute approximate surface area is 207 Å². The molecule has 0 fully saturated rings. The Morgan fingerprint density at radius 1 is 0.853 bits per heavy atom. The van der Waals surface area contributed by atoms with E-state index in [0.717, 1.165) is 25.7 Å². The minimum Gasteiger partial charge on any atom is -0.480 e. The Balaban J connectivity index is 4.59. The van der Waals surface area contributed by atoms with Crippen LogP contribution in [0.2, 0.25) is 0 Å². The van der Waals surface area contributed by atoms with E-state index in [1.54, 1.807) is 0 Å². The lowest BCUT2D eigenvalue weighted by atomic mass is 10.1. The Morgan fingerprint density at radius 3 is 1.97 bits per heavy atom. The van der Waals surface area contributed by atoms with Crippen LogP contribution < -0.4 is 16.4 Å². The van der Waals surface area contributed by atoms with Gasteiger partial charge in [-0.1, -0.05) is 34.9 Å². The molecule has 0 rings (SSSR count). The first kappa shape index (κ1) is 31.4. The van der Waals surface area contributed by atoms with E-state index in [1.165, 1.54) is 35.4 Å². The molecule has 0 saturated heterocycles. The zero-order valence-electron chi connectivity index (χ0n) is 21.1. The zero-order valence-corrected chi connectivity index (χ0v) is 21.9. The maximum atomic E-state index is 12.4. The van der Waals surface area contributed by atoms with Gasteiger partial charge < -0.3 is 21.5 Å². The number of carbonyl (C=O) groups excluding carboxylic acids is 3. The minimum atomic E-state index is -1.16. The maximum absolute atomic E-state index is 12.4. The summed E-state index contributed by atoms with van der Waals surface area (Å²) in [5, 5.41) is 14.3. The summed E-state index contributed by atoms with van der Waals surface area (Å²) in [6.07, 6.45) is 10.5.